The molecule has 1 aliphatic rings. The van der Waals surface area contributed by atoms with Crippen molar-refractivity contribution in [2.45, 2.75) is 12.8 Å². The van der Waals surface area contributed by atoms with Gasteiger partial charge >= 0.3 is 0 Å². The molecule has 0 saturated carbocycles. The SMILES string of the molecule is NC(=S)c1ccc(N2CCC(CO)CC2)cc1. The molecule has 1 aromatic carbocycles. The molecule has 92 valence electrons. The van der Waals surface area contributed by atoms with Crippen LogP contribution in [0.15, 0.2) is 24.3 Å². The first kappa shape index (κ1) is 12.3. The summed E-state index contributed by atoms with van der Waals surface area (Å²) in [7, 11) is 0. The minimum absolute atomic E-state index is 0.314. The first-order valence-electron chi connectivity index (χ1n) is 5.96. The predicted molar refractivity (Wildman–Crippen MR) is 74.4 cm³/mol. The molecule has 0 radical (unpaired) electrons. The number of rotatable bonds is 3. The van der Waals surface area contributed by atoms with Gasteiger partial charge in [0.05, 0.1) is 0 Å². The average molecular weight is 250 g/mol. The first-order valence-corrected chi connectivity index (χ1v) is 6.37. The summed E-state index contributed by atoms with van der Waals surface area (Å²) in [5.74, 6) is 0.474. The Hall–Kier alpha value is -1.13. The summed E-state index contributed by atoms with van der Waals surface area (Å²) in [6, 6.07) is 8.06. The molecule has 0 atom stereocenters. The van der Waals surface area contributed by atoms with Crippen molar-refractivity contribution >= 4 is 22.9 Å². The van der Waals surface area contributed by atoms with Crippen LogP contribution in [-0.4, -0.2) is 29.8 Å². The van der Waals surface area contributed by atoms with Gasteiger partial charge in [-0.1, -0.05) is 12.2 Å². The molecule has 1 saturated heterocycles. The van der Waals surface area contributed by atoms with E-state index in [4.69, 9.17) is 23.1 Å². The number of anilines is 1. The number of aliphatic hydroxyl groups is 1. The number of nitrogens with zero attached hydrogens (tertiary/aromatic N) is 1. The number of nitrogens with two attached hydrogens (primary N) is 1. The molecule has 0 bridgehead atoms. The number of hydrogen-bond donors (Lipinski definition) is 2. The van der Waals surface area contributed by atoms with Crippen molar-refractivity contribution in [1.29, 1.82) is 0 Å². The van der Waals surface area contributed by atoms with Gasteiger partial charge in [0.15, 0.2) is 0 Å². The van der Waals surface area contributed by atoms with Gasteiger partial charge in [-0.25, -0.2) is 0 Å². The van der Waals surface area contributed by atoms with Crippen LogP contribution in [0.3, 0.4) is 0 Å². The molecule has 0 aromatic heterocycles. The Balaban J connectivity index is 2.01. The average Bonchev–Trinajstić information content (AvgIpc) is 2.39. The third-order valence-corrected chi connectivity index (χ3v) is 3.63. The van der Waals surface area contributed by atoms with Crippen molar-refractivity contribution in [2.75, 3.05) is 24.6 Å². The second-order valence-electron chi connectivity index (χ2n) is 4.52. The molecule has 0 amide bonds. The van der Waals surface area contributed by atoms with Crippen LogP contribution in [0.25, 0.3) is 0 Å². The van der Waals surface area contributed by atoms with E-state index in [1.807, 2.05) is 12.1 Å². The highest BCUT2D eigenvalue weighted by Gasteiger charge is 2.18. The van der Waals surface area contributed by atoms with E-state index < -0.39 is 0 Å². The van der Waals surface area contributed by atoms with Crippen LogP contribution in [0.4, 0.5) is 5.69 Å². The highest BCUT2D eigenvalue weighted by molar-refractivity contribution is 7.80. The number of benzene rings is 1. The van der Waals surface area contributed by atoms with E-state index in [0.29, 0.717) is 17.5 Å². The molecule has 1 heterocycles. The van der Waals surface area contributed by atoms with E-state index in [1.165, 1.54) is 5.69 Å². The number of hydrogen-bond acceptors (Lipinski definition) is 3. The lowest BCUT2D eigenvalue weighted by molar-refractivity contribution is 0.203. The second-order valence-corrected chi connectivity index (χ2v) is 4.96. The number of aliphatic hydroxyl groups excluding tert-OH is 1. The van der Waals surface area contributed by atoms with Crippen LogP contribution < -0.4 is 10.6 Å². The van der Waals surface area contributed by atoms with Crippen molar-refractivity contribution in [1.82, 2.24) is 0 Å². The topological polar surface area (TPSA) is 49.5 Å². The maximum atomic E-state index is 9.10. The summed E-state index contributed by atoms with van der Waals surface area (Å²) in [6.45, 7) is 2.34. The second kappa shape index (κ2) is 5.47. The van der Waals surface area contributed by atoms with Crippen molar-refractivity contribution in [3.63, 3.8) is 0 Å². The molecule has 1 aliphatic heterocycles. The molecule has 1 fully saturated rings. The fourth-order valence-electron chi connectivity index (χ4n) is 2.21. The molecule has 3 N–H and O–H groups in total. The molecule has 17 heavy (non-hydrogen) atoms. The standard InChI is InChI=1S/C13H18N2OS/c14-13(17)11-1-3-12(4-2-11)15-7-5-10(9-16)6-8-15/h1-4,10,16H,5-9H2,(H2,14,17). The Morgan fingerprint density at radius 1 is 1.29 bits per heavy atom. The van der Waals surface area contributed by atoms with Crippen molar-refractivity contribution in [3.05, 3.63) is 29.8 Å². The largest absolute Gasteiger partial charge is 0.396 e. The zero-order valence-corrected chi connectivity index (χ0v) is 10.6. The third-order valence-electron chi connectivity index (χ3n) is 3.39. The van der Waals surface area contributed by atoms with E-state index in [1.54, 1.807) is 0 Å². The highest BCUT2D eigenvalue weighted by Crippen LogP contribution is 2.23. The summed E-state index contributed by atoms with van der Waals surface area (Å²) in [6.07, 6.45) is 2.13. The fourth-order valence-corrected chi connectivity index (χ4v) is 2.35. The number of piperidine rings is 1. The molecule has 0 aliphatic carbocycles. The van der Waals surface area contributed by atoms with Gasteiger partial charge in [0.25, 0.3) is 0 Å². The Morgan fingerprint density at radius 2 is 1.88 bits per heavy atom. The molecule has 3 nitrogen and oxygen atoms in total. The van der Waals surface area contributed by atoms with Gasteiger partial charge in [-0.3, -0.25) is 0 Å². The van der Waals surface area contributed by atoms with Crippen LogP contribution in [0.5, 0.6) is 0 Å². The molecular formula is C13H18N2OS. The van der Waals surface area contributed by atoms with E-state index in [9.17, 15) is 0 Å². The predicted octanol–water partition coefficient (Wildman–Crippen LogP) is 1.53. The zero-order valence-electron chi connectivity index (χ0n) is 9.80. The summed E-state index contributed by atoms with van der Waals surface area (Å²) in [5.41, 5.74) is 7.69. The van der Waals surface area contributed by atoms with E-state index in [0.717, 1.165) is 31.5 Å². The van der Waals surface area contributed by atoms with Gasteiger partial charge < -0.3 is 15.7 Å². The summed E-state index contributed by atoms with van der Waals surface area (Å²) in [4.78, 5) is 2.78. The molecule has 1 aromatic rings. The minimum Gasteiger partial charge on any atom is -0.396 e. The molecule has 0 spiro atoms. The quantitative estimate of drug-likeness (QED) is 0.799. The summed E-state index contributed by atoms with van der Waals surface area (Å²) < 4.78 is 0. The fraction of sp³-hybridized carbons (Fsp3) is 0.462. The Kier molecular flexibility index (Phi) is 3.97. The third kappa shape index (κ3) is 2.96. The monoisotopic (exact) mass is 250 g/mol. The van der Waals surface area contributed by atoms with Gasteiger partial charge in [-0.2, -0.15) is 0 Å². The van der Waals surface area contributed by atoms with Crippen molar-refractivity contribution < 1.29 is 5.11 Å². The molecule has 2 rings (SSSR count). The lowest BCUT2D eigenvalue weighted by Gasteiger charge is -2.32. The molecular weight excluding hydrogens is 232 g/mol. The van der Waals surface area contributed by atoms with Gasteiger partial charge in [-0.05, 0) is 43.0 Å². The lowest BCUT2D eigenvalue weighted by atomic mass is 9.97. The van der Waals surface area contributed by atoms with E-state index >= 15 is 0 Å². The van der Waals surface area contributed by atoms with Crippen molar-refractivity contribution in [2.24, 2.45) is 11.7 Å². The van der Waals surface area contributed by atoms with Crippen LogP contribution in [0, 0.1) is 5.92 Å². The van der Waals surface area contributed by atoms with Gasteiger partial charge in [0.1, 0.15) is 4.99 Å². The van der Waals surface area contributed by atoms with E-state index in [2.05, 4.69) is 17.0 Å². The van der Waals surface area contributed by atoms with Crippen molar-refractivity contribution in [3.8, 4) is 0 Å². The highest BCUT2D eigenvalue weighted by atomic mass is 32.1. The maximum absolute atomic E-state index is 9.10. The first-order chi connectivity index (χ1) is 8.20. The van der Waals surface area contributed by atoms with Gasteiger partial charge in [-0.15, -0.1) is 0 Å². The van der Waals surface area contributed by atoms with Crippen LogP contribution in [0.1, 0.15) is 18.4 Å². The van der Waals surface area contributed by atoms with Crippen LogP contribution in [-0.2, 0) is 0 Å². The molecule has 4 heteroatoms. The Labute approximate surface area is 107 Å². The lowest BCUT2D eigenvalue weighted by Crippen LogP contribution is -2.34. The van der Waals surface area contributed by atoms with Gasteiger partial charge in [0.2, 0.25) is 0 Å². The number of thiocarbonyl (C=S) groups is 1. The smallest absolute Gasteiger partial charge is 0.103 e. The van der Waals surface area contributed by atoms with Gasteiger partial charge in [0, 0.05) is 30.9 Å². The maximum Gasteiger partial charge on any atom is 0.103 e. The van der Waals surface area contributed by atoms with Crippen LogP contribution in [0.2, 0.25) is 0 Å². The van der Waals surface area contributed by atoms with E-state index in [-0.39, 0.29) is 0 Å². The summed E-state index contributed by atoms with van der Waals surface area (Å²) >= 11 is 4.93. The molecule has 0 unspecified atom stereocenters. The summed E-state index contributed by atoms with van der Waals surface area (Å²) in [5, 5.41) is 9.10. The normalized spacial score (nSPS) is 17.1. The minimum atomic E-state index is 0.314. The Morgan fingerprint density at radius 3 is 2.35 bits per heavy atom. The Bertz CT molecular complexity index is 383. The van der Waals surface area contributed by atoms with Crippen LogP contribution >= 0.6 is 12.2 Å². The zero-order chi connectivity index (χ0) is 12.3.